The first kappa shape index (κ1) is 8.54. The van der Waals surface area contributed by atoms with Crippen molar-refractivity contribution >= 4 is 22.9 Å². The summed E-state index contributed by atoms with van der Waals surface area (Å²) in [5.41, 5.74) is 6.15. The van der Waals surface area contributed by atoms with Crippen LogP contribution in [0.15, 0.2) is 11.4 Å². The smallest absolute Gasteiger partial charge is 0.0564 e. The van der Waals surface area contributed by atoms with E-state index in [9.17, 15) is 0 Å². The molecule has 0 unspecified atom stereocenters. The van der Waals surface area contributed by atoms with Crippen molar-refractivity contribution in [1.82, 2.24) is 0 Å². The Bertz CT molecular complexity index is 276. The standard InChI is InChI=1S/C9H12ClNS/c10-7-3-6-12-8(7)9(11)4-1-2-5-9/h3,6H,1-2,4-5,11H2. The van der Waals surface area contributed by atoms with E-state index in [-0.39, 0.29) is 5.54 Å². The van der Waals surface area contributed by atoms with Crippen molar-refractivity contribution in [2.24, 2.45) is 5.73 Å². The molecular formula is C9H12ClNS. The maximum atomic E-state index is 6.25. The predicted molar refractivity (Wildman–Crippen MR) is 53.7 cm³/mol. The van der Waals surface area contributed by atoms with Gasteiger partial charge in [0.1, 0.15) is 0 Å². The van der Waals surface area contributed by atoms with Crippen LogP contribution in [0.2, 0.25) is 5.02 Å². The average molecular weight is 202 g/mol. The van der Waals surface area contributed by atoms with Crippen molar-refractivity contribution in [3.8, 4) is 0 Å². The Labute approximate surface area is 81.5 Å². The average Bonchev–Trinajstić information content (AvgIpc) is 2.59. The summed E-state index contributed by atoms with van der Waals surface area (Å²) in [7, 11) is 0. The molecule has 2 N–H and O–H groups in total. The highest BCUT2D eigenvalue weighted by molar-refractivity contribution is 7.10. The third kappa shape index (κ3) is 1.28. The molecule has 1 nitrogen and oxygen atoms in total. The molecule has 2 rings (SSSR count). The molecule has 1 saturated carbocycles. The molecule has 12 heavy (non-hydrogen) atoms. The van der Waals surface area contributed by atoms with Crippen molar-refractivity contribution in [2.45, 2.75) is 31.2 Å². The lowest BCUT2D eigenvalue weighted by atomic mass is 9.97. The minimum absolute atomic E-state index is 0.106. The predicted octanol–water partition coefficient (Wildman–Crippen LogP) is 3.13. The number of nitrogens with two attached hydrogens (primary N) is 1. The first-order valence-electron chi connectivity index (χ1n) is 4.25. The summed E-state index contributed by atoms with van der Waals surface area (Å²) in [5.74, 6) is 0. The lowest BCUT2D eigenvalue weighted by Crippen LogP contribution is -2.32. The van der Waals surface area contributed by atoms with Gasteiger partial charge >= 0.3 is 0 Å². The van der Waals surface area contributed by atoms with Gasteiger partial charge in [-0.3, -0.25) is 0 Å². The third-order valence-electron chi connectivity index (χ3n) is 2.57. The second kappa shape index (κ2) is 3.02. The highest BCUT2D eigenvalue weighted by atomic mass is 35.5. The van der Waals surface area contributed by atoms with Gasteiger partial charge in [-0.15, -0.1) is 11.3 Å². The van der Waals surface area contributed by atoms with Crippen molar-refractivity contribution in [1.29, 1.82) is 0 Å². The fourth-order valence-corrected chi connectivity index (χ4v) is 3.30. The van der Waals surface area contributed by atoms with Crippen LogP contribution in [0.5, 0.6) is 0 Å². The number of thiophene rings is 1. The van der Waals surface area contributed by atoms with Gasteiger partial charge in [-0.05, 0) is 24.3 Å². The van der Waals surface area contributed by atoms with E-state index in [4.69, 9.17) is 17.3 Å². The molecule has 0 bridgehead atoms. The molecule has 0 aliphatic heterocycles. The second-order valence-electron chi connectivity index (χ2n) is 3.46. The van der Waals surface area contributed by atoms with Crippen molar-refractivity contribution in [3.63, 3.8) is 0 Å². The molecule has 0 radical (unpaired) electrons. The van der Waals surface area contributed by atoms with E-state index in [2.05, 4.69) is 0 Å². The monoisotopic (exact) mass is 201 g/mol. The Hall–Kier alpha value is -0.0500. The molecule has 1 aliphatic rings. The first-order valence-corrected chi connectivity index (χ1v) is 5.50. The Kier molecular flexibility index (Phi) is 2.15. The fourth-order valence-electron chi connectivity index (χ4n) is 1.88. The number of rotatable bonds is 1. The minimum Gasteiger partial charge on any atom is -0.321 e. The van der Waals surface area contributed by atoms with Gasteiger partial charge in [0.15, 0.2) is 0 Å². The third-order valence-corrected chi connectivity index (χ3v) is 4.13. The Morgan fingerprint density at radius 2 is 2.08 bits per heavy atom. The van der Waals surface area contributed by atoms with Gasteiger partial charge in [0, 0.05) is 4.88 Å². The normalized spacial score (nSPS) is 21.5. The van der Waals surface area contributed by atoms with E-state index < -0.39 is 0 Å². The quantitative estimate of drug-likeness (QED) is 0.743. The zero-order chi connectivity index (χ0) is 8.60. The van der Waals surface area contributed by atoms with E-state index in [1.165, 1.54) is 17.7 Å². The molecule has 1 aliphatic carbocycles. The van der Waals surface area contributed by atoms with Crippen LogP contribution in [0.1, 0.15) is 30.6 Å². The summed E-state index contributed by atoms with van der Waals surface area (Å²) >= 11 is 7.73. The fraction of sp³-hybridized carbons (Fsp3) is 0.556. The van der Waals surface area contributed by atoms with Crippen LogP contribution in [0, 0.1) is 0 Å². The maximum absolute atomic E-state index is 6.25. The highest BCUT2D eigenvalue weighted by Crippen LogP contribution is 2.41. The van der Waals surface area contributed by atoms with Gasteiger partial charge in [-0.25, -0.2) is 0 Å². The molecular weight excluding hydrogens is 190 g/mol. The van der Waals surface area contributed by atoms with Crippen LogP contribution >= 0.6 is 22.9 Å². The molecule has 0 saturated heterocycles. The van der Waals surface area contributed by atoms with Gasteiger partial charge in [0.25, 0.3) is 0 Å². The molecule has 1 fully saturated rings. The molecule has 0 atom stereocenters. The van der Waals surface area contributed by atoms with Crippen LogP contribution in [-0.4, -0.2) is 0 Å². The molecule has 0 amide bonds. The summed E-state index contributed by atoms with van der Waals surface area (Å²) in [6.45, 7) is 0. The zero-order valence-corrected chi connectivity index (χ0v) is 8.42. The zero-order valence-electron chi connectivity index (χ0n) is 6.85. The van der Waals surface area contributed by atoms with Gasteiger partial charge < -0.3 is 5.73 Å². The Balaban J connectivity index is 2.34. The molecule has 0 spiro atoms. The summed E-state index contributed by atoms with van der Waals surface area (Å²) in [6, 6.07) is 1.94. The maximum Gasteiger partial charge on any atom is 0.0564 e. The largest absolute Gasteiger partial charge is 0.321 e. The Morgan fingerprint density at radius 1 is 1.42 bits per heavy atom. The number of hydrogen-bond acceptors (Lipinski definition) is 2. The lowest BCUT2D eigenvalue weighted by Gasteiger charge is -2.22. The summed E-state index contributed by atoms with van der Waals surface area (Å²) in [5, 5.41) is 2.87. The van der Waals surface area contributed by atoms with Crippen LogP contribution in [-0.2, 0) is 5.54 Å². The van der Waals surface area contributed by atoms with Crippen molar-refractivity contribution in [2.75, 3.05) is 0 Å². The van der Waals surface area contributed by atoms with Crippen LogP contribution in [0.4, 0.5) is 0 Å². The van der Waals surface area contributed by atoms with Gasteiger partial charge in [-0.1, -0.05) is 24.4 Å². The van der Waals surface area contributed by atoms with Crippen molar-refractivity contribution < 1.29 is 0 Å². The van der Waals surface area contributed by atoms with Gasteiger partial charge in [-0.2, -0.15) is 0 Å². The lowest BCUT2D eigenvalue weighted by molar-refractivity contribution is 0.472. The molecule has 0 aromatic carbocycles. The molecule has 1 aromatic heterocycles. The summed E-state index contributed by atoms with van der Waals surface area (Å²) < 4.78 is 0. The minimum atomic E-state index is -0.106. The second-order valence-corrected chi connectivity index (χ2v) is 4.78. The highest BCUT2D eigenvalue weighted by Gasteiger charge is 2.33. The molecule has 1 heterocycles. The van der Waals surface area contributed by atoms with Gasteiger partial charge in [0.05, 0.1) is 10.6 Å². The molecule has 3 heteroatoms. The number of halogens is 1. The van der Waals surface area contributed by atoms with E-state index >= 15 is 0 Å². The molecule has 66 valence electrons. The SMILES string of the molecule is NC1(c2sccc2Cl)CCCC1. The van der Waals surface area contributed by atoms with Crippen molar-refractivity contribution in [3.05, 3.63) is 21.3 Å². The topological polar surface area (TPSA) is 26.0 Å². The van der Waals surface area contributed by atoms with E-state index in [0.29, 0.717) is 0 Å². The summed E-state index contributed by atoms with van der Waals surface area (Å²) in [4.78, 5) is 1.18. The van der Waals surface area contributed by atoms with Gasteiger partial charge in [0.2, 0.25) is 0 Å². The van der Waals surface area contributed by atoms with Crippen LogP contribution in [0.25, 0.3) is 0 Å². The first-order chi connectivity index (χ1) is 5.72. The van der Waals surface area contributed by atoms with Crippen LogP contribution in [0.3, 0.4) is 0 Å². The number of hydrogen-bond donors (Lipinski definition) is 1. The van der Waals surface area contributed by atoms with E-state index in [1.807, 2.05) is 11.4 Å². The molecule has 1 aromatic rings. The van der Waals surface area contributed by atoms with E-state index in [0.717, 1.165) is 17.9 Å². The van der Waals surface area contributed by atoms with Crippen LogP contribution < -0.4 is 5.73 Å². The Morgan fingerprint density at radius 3 is 2.58 bits per heavy atom. The summed E-state index contributed by atoms with van der Waals surface area (Å²) in [6.07, 6.45) is 4.66. The van der Waals surface area contributed by atoms with E-state index in [1.54, 1.807) is 11.3 Å².